The molecule has 0 aliphatic carbocycles. The molecule has 0 aromatic carbocycles. The Morgan fingerprint density at radius 2 is 2.11 bits per heavy atom. The fraction of sp³-hybridized carbons (Fsp3) is 1.00. The van der Waals surface area contributed by atoms with E-state index in [0.717, 1.165) is 25.3 Å². The van der Waals surface area contributed by atoms with Gasteiger partial charge < -0.3 is 11.5 Å². The molecular weight excluding hydrogens is 132 g/mol. The van der Waals surface area contributed by atoms with Crippen LogP contribution in [0.15, 0.2) is 0 Å². The van der Waals surface area contributed by atoms with E-state index in [0.29, 0.717) is 5.25 Å². The summed E-state index contributed by atoms with van der Waals surface area (Å²) in [7, 11) is 0. The highest BCUT2D eigenvalue weighted by Gasteiger charge is 1.96. The van der Waals surface area contributed by atoms with Gasteiger partial charge in [0.25, 0.3) is 0 Å². The Balaban J connectivity index is 2.88. The molecular formula is C6H16N2S. The second-order valence-electron chi connectivity index (χ2n) is 2.06. The van der Waals surface area contributed by atoms with Gasteiger partial charge in [0.15, 0.2) is 0 Å². The van der Waals surface area contributed by atoms with Crippen LogP contribution in [0.3, 0.4) is 0 Å². The number of hydrogen-bond acceptors (Lipinski definition) is 3. The predicted molar refractivity (Wildman–Crippen MR) is 44.6 cm³/mol. The lowest BCUT2D eigenvalue weighted by atomic mass is 10.5. The quantitative estimate of drug-likeness (QED) is 0.555. The van der Waals surface area contributed by atoms with Crippen molar-refractivity contribution in [3.05, 3.63) is 0 Å². The highest BCUT2D eigenvalue weighted by atomic mass is 32.2. The molecule has 0 amide bonds. The lowest BCUT2D eigenvalue weighted by molar-refractivity contribution is 0.918. The molecule has 0 saturated heterocycles. The molecule has 0 fully saturated rings. The third kappa shape index (κ3) is 6.15. The van der Waals surface area contributed by atoms with E-state index < -0.39 is 0 Å². The SMILES string of the molecule is CC(CN)SCCCN. The molecule has 0 spiro atoms. The molecule has 3 heteroatoms. The van der Waals surface area contributed by atoms with Crippen LogP contribution in [-0.2, 0) is 0 Å². The van der Waals surface area contributed by atoms with Gasteiger partial charge in [-0.1, -0.05) is 6.92 Å². The van der Waals surface area contributed by atoms with E-state index in [2.05, 4.69) is 6.92 Å². The Bertz CT molecular complexity index is 59.0. The van der Waals surface area contributed by atoms with Crippen LogP contribution in [-0.4, -0.2) is 24.1 Å². The van der Waals surface area contributed by atoms with Crippen molar-refractivity contribution in [2.24, 2.45) is 11.5 Å². The summed E-state index contributed by atoms with van der Waals surface area (Å²) in [6.45, 7) is 3.71. The third-order valence-corrected chi connectivity index (χ3v) is 2.37. The molecule has 0 heterocycles. The Morgan fingerprint density at radius 1 is 1.44 bits per heavy atom. The summed E-state index contributed by atoms with van der Waals surface area (Å²) in [5.41, 5.74) is 10.7. The largest absolute Gasteiger partial charge is 0.330 e. The molecule has 0 saturated carbocycles. The topological polar surface area (TPSA) is 52.0 Å². The molecule has 9 heavy (non-hydrogen) atoms. The van der Waals surface area contributed by atoms with Crippen LogP contribution in [0.4, 0.5) is 0 Å². The summed E-state index contributed by atoms with van der Waals surface area (Å²) in [6, 6.07) is 0. The Kier molecular flexibility index (Phi) is 6.58. The minimum absolute atomic E-state index is 0.594. The molecule has 0 radical (unpaired) electrons. The average Bonchev–Trinajstić information content (AvgIpc) is 1.89. The number of thioether (sulfide) groups is 1. The monoisotopic (exact) mass is 148 g/mol. The summed E-state index contributed by atoms with van der Waals surface area (Å²) in [6.07, 6.45) is 1.11. The molecule has 0 aromatic rings. The molecule has 0 aromatic heterocycles. The van der Waals surface area contributed by atoms with Crippen molar-refractivity contribution in [3.63, 3.8) is 0 Å². The van der Waals surface area contributed by atoms with E-state index in [1.54, 1.807) is 0 Å². The first kappa shape index (κ1) is 9.27. The average molecular weight is 148 g/mol. The molecule has 0 bridgehead atoms. The van der Waals surface area contributed by atoms with Crippen LogP contribution in [0.25, 0.3) is 0 Å². The maximum atomic E-state index is 5.40. The van der Waals surface area contributed by atoms with Crippen LogP contribution in [0.2, 0.25) is 0 Å². The zero-order valence-electron chi connectivity index (χ0n) is 5.97. The van der Waals surface area contributed by atoms with Gasteiger partial charge in [-0.05, 0) is 18.7 Å². The van der Waals surface area contributed by atoms with Gasteiger partial charge in [0.2, 0.25) is 0 Å². The Morgan fingerprint density at radius 3 is 2.56 bits per heavy atom. The normalized spacial score (nSPS) is 13.7. The molecule has 1 atom stereocenters. The lowest BCUT2D eigenvalue weighted by Gasteiger charge is -2.05. The summed E-state index contributed by atoms with van der Waals surface area (Å²) < 4.78 is 0. The van der Waals surface area contributed by atoms with Crippen LogP contribution >= 0.6 is 11.8 Å². The van der Waals surface area contributed by atoms with Gasteiger partial charge >= 0.3 is 0 Å². The first-order valence-corrected chi connectivity index (χ1v) is 4.38. The van der Waals surface area contributed by atoms with E-state index >= 15 is 0 Å². The fourth-order valence-electron chi connectivity index (χ4n) is 0.436. The van der Waals surface area contributed by atoms with E-state index in [9.17, 15) is 0 Å². The van der Waals surface area contributed by atoms with Gasteiger partial charge in [0.05, 0.1) is 0 Å². The molecule has 4 N–H and O–H groups in total. The fourth-order valence-corrected chi connectivity index (χ4v) is 1.31. The minimum atomic E-state index is 0.594. The van der Waals surface area contributed by atoms with Gasteiger partial charge in [-0.2, -0.15) is 11.8 Å². The van der Waals surface area contributed by atoms with Crippen molar-refractivity contribution in [1.82, 2.24) is 0 Å². The summed E-state index contributed by atoms with van der Waals surface area (Å²) >= 11 is 1.90. The van der Waals surface area contributed by atoms with Crippen molar-refractivity contribution in [2.75, 3.05) is 18.8 Å². The van der Waals surface area contributed by atoms with E-state index in [1.807, 2.05) is 11.8 Å². The van der Waals surface area contributed by atoms with Crippen LogP contribution in [0.1, 0.15) is 13.3 Å². The zero-order valence-corrected chi connectivity index (χ0v) is 6.79. The standard InChI is InChI=1S/C6H16N2S/c1-6(5-8)9-4-2-3-7/h6H,2-5,7-8H2,1H3. The number of hydrogen-bond donors (Lipinski definition) is 2. The van der Waals surface area contributed by atoms with Gasteiger partial charge in [-0.25, -0.2) is 0 Å². The van der Waals surface area contributed by atoms with E-state index in [4.69, 9.17) is 11.5 Å². The second-order valence-corrected chi connectivity index (χ2v) is 3.61. The van der Waals surface area contributed by atoms with Crippen molar-refractivity contribution >= 4 is 11.8 Å². The summed E-state index contributed by atoms with van der Waals surface area (Å²) in [4.78, 5) is 0. The van der Waals surface area contributed by atoms with Crippen LogP contribution in [0, 0.1) is 0 Å². The van der Waals surface area contributed by atoms with Gasteiger partial charge in [-0.3, -0.25) is 0 Å². The molecule has 0 aliphatic rings. The van der Waals surface area contributed by atoms with E-state index in [-0.39, 0.29) is 0 Å². The van der Waals surface area contributed by atoms with Gasteiger partial charge in [-0.15, -0.1) is 0 Å². The third-order valence-electron chi connectivity index (χ3n) is 1.08. The maximum absolute atomic E-state index is 5.40. The van der Waals surface area contributed by atoms with Crippen LogP contribution in [0.5, 0.6) is 0 Å². The molecule has 56 valence electrons. The smallest absolute Gasteiger partial charge is 0.0141 e. The first-order valence-electron chi connectivity index (χ1n) is 3.33. The summed E-state index contributed by atoms with van der Waals surface area (Å²) in [5.74, 6) is 1.15. The van der Waals surface area contributed by atoms with Gasteiger partial charge in [0, 0.05) is 11.8 Å². The highest BCUT2D eigenvalue weighted by Crippen LogP contribution is 2.08. The van der Waals surface area contributed by atoms with Crippen molar-refractivity contribution < 1.29 is 0 Å². The molecule has 2 nitrogen and oxygen atoms in total. The minimum Gasteiger partial charge on any atom is -0.330 e. The Labute approximate surface area is 61.4 Å². The van der Waals surface area contributed by atoms with E-state index in [1.165, 1.54) is 0 Å². The van der Waals surface area contributed by atoms with Crippen molar-refractivity contribution in [1.29, 1.82) is 0 Å². The number of rotatable bonds is 5. The first-order chi connectivity index (χ1) is 4.31. The van der Waals surface area contributed by atoms with Crippen LogP contribution < -0.4 is 11.5 Å². The zero-order chi connectivity index (χ0) is 7.11. The molecule has 0 aliphatic heterocycles. The summed E-state index contributed by atoms with van der Waals surface area (Å²) in [5, 5.41) is 0.594. The van der Waals surface area contributed by atoms with Crippen molar-refractivity contribution in [2.45, 2.75) is 18.6 Å². The maximum Gasteiger partial charge on any atom is 0.0141 e. The Hall–Kier alpha value is 0.270. The number of nitrogens with two attached hydrogens (primary N) is 2. The highest BCUT2D eigenvalue weighted by molar-refractivity contribution is 7.99. The predicted octanol–water partition coefficient (Wildman–Crippen LogP) is 0.416. The molecule has 1 unspecified atom stereocenters. The lowest BCUT2D eigenvalue weighted by Crippen LogP contribution is -2.13. The second kappa shape index (κ2) is 6.39. The molecule has 0 rings (SSSR count). The van der Waals surface area contributed by atoms with Crippen molar-refractivity contribution in [3.8, 4) is 0 Å². The van der Waals surface area contributed by atoms with Gasteiger partial charge in [0.1, 0.15) is 0 Å².